The van der Waals surface area contributed by atoms with E-state index in [1.165, 1.54) is 7.11 Å². The first-order valence-corrected chi connectivity index (χ1v) is 6.63. The van der Waals surface area contributed by atoms with Crippen LogP contribution in [0.4, 0.5) is 10.1 Å². The number of benzene rings is 1. The van der Waals surface area contributed by atoms with Crippen molar-refractivity contribution in [1.82, 2.24) is 4.98 Å². The van der Waals surface area contributed by atoms with E-state index in [0.717, 1.165) is 16.7 Å². The van der Waals surface area contributed by atoms with Gasteiger partial charge in [-0.1, -0.05) is 12.6 Å². The van der Waals surface area contributed by atoms with Gasteiger partial charge in [0, 0.05) is 11.3 Å². The van der Waals surface area contributed by atoms with Gasteiger partial charge in [-0.2, -0.15) is 0 Å². The van der Waals surface area contributed by atoms with Gasteiger partial charge in [-0.3, -0.25) is 0 Å². The van der Waals surface area contributed by atoms with Crippen molar-refractivity contribution in [2.45, 2.75) is 20.8 Å². The maximum Gasteiger partial charge on any atom is 0.174 e. The molecule has 2 aromatic rings. The smallest absolute Gasteiger partial charge is 0.174 e. The lowest BCUT2D eigenvalue weighted by Crippen LogP contribution is -2.01. The number of hydrogen-bond donors (Lipinski definition) is 1. The fourth-order valence-electron chi connectivity index (χ4n) is 2.28. The molecule has 0 fully saturated rings. The van der Waals surface area contributed by atoms with Crippen molar-refractivity contribution in [3.8, 4) is 17.0 Å². The summed E-state index contributed by atoms with van der Waals surface area (Å²) in [5.74, 6) is -0.203. The van der Waals surface area contributed by atoms with Crippen molar-refractivity contribution in [2.75, 3.05) is 12.8 Å². The highest BCUT2D eigenvalue weighted by Gasteiger charge is 2.16. The van der Waals surface area contributed by atoms with E-state index in [-0.39, 0.29) is 5.75 Å². The van der Waals surface area contributed by atoms with Crippen molar-refractivity contribution in [2.24, 2.45) is 0 Å². The molecule has 0 aliphatic heterocycles. The monoisotopic (exact) mass is 286 g/mol. The highest BCUT2D eigenvalue weighted by atomic mass is 19.1. The molecule has 0 amide bonds. The molecule has 0 aliphatic rings. The van der Waals surface area contributed by atoms with Crippen LogP contribution in [0.2, 0.25) is 0 Å². The van der Waals surface area contributed by atoms with Gasteiger partial charge in [-0.25, -0.2) is 9.37 Å². The Labute approximate surface area is 124 Å². The molecule has 1 aromatic heterocycles. The molecule has 0 unspecified atom stereocenters. The summed E-state index contributed by atoms with van der Waals surface area (Å²) in [6.45, 7) is 9.42. The second-order valence-corrected chi connectivity index (χ2v) is 5.13. The summed E-state index contributed by atoms with van der Waals surface area (Å²) >= 11 is 0. The number of nitrogens with two attached hydrogens (primary N) is 1. The Morgan fingerprint density at radius 2 is 2.00 bits per heavy atom. The average Bonchev–Trinajstić information content (AvgIpc) is 2.42. The molecule has 0 bridgehead atoms. The molecule has 0 saturated carbocycles. The number of nitrogens with zero attached hydrogens (tertiary/aromatic N) is 1. The lowest BCUT2D eigenvalue weighted by Gasteiger charge is -2.13. The van der Waals surface area contributed by atoms with Gasteiger partial charge in [-0.05, 0) is 49.6 Å². The SMILES string of the molecule is C=C(C)c1nc(-c2ccc(C)c(OC)c2F)cc(N)c1C. The molecule has 2 rings (SSSR count). The molecular formula is C17H19FN2O. The van der Waals surface area contributed by atoms with E-state index in [2.05, 4.69) is 11.6 Å². The summed E-state index contributed by atoms with van der Waals surface area (Å²) in [6.07, 6.45) is 0. The van der Waals surface area contributed by atoms with Crippen molar-refractivity contribution in [3.63, 3.8) is 0 Å². The zero-order valence-electron chi connectivity index (χ0n) is 12.7. The Hall–Kier alpha value is -2.36. The van der Waals surface area contributed by atoms with Crippen LogP contribution in [0.5, 0.6) is 5.75 Å². The number of methoxy groups -OCH3 is 1. The Bertz CT molecular complexity index is 723. The van der Waals surface area contributed by atoms with E-state index in [1.54, 1.807) is 25.1 Å². The van der Waals surface area contributed by atoms with Crippen LogP contribution in [0.25, 0.3) is 16.8 Å². The van der Waals surface area contributed by atoms with Gasteiger partial charge >= 0.3 is 0 Å². The number of pyridine rings is 1. The minimum atomic E-state index is -0.430. The number of anilines is 1. The average molecular weight is 286 g/mol. The number of aryl methyl sites for hydroxylation is 1. The Morgan fingerprint density at radius 1 is 1.33 bits per heavy atom. The van der Waals surface area contributed by atoms with Gasteiger partial charge < -0.3 is 10.5 Å². The third kappa shape index (κ3) is 2.61. The zero-order chi connectivity index (χ0) is 15.7. The number of allylic oxidation sites excluding steroid dienone is 1. The summed E-state index contributed by atoms with van der Waals surface area (Å²) in [4.78, 5) is 4.49. The van der Waals surface area contributed by atoms with E-state index in [4.69, 9.17) is 10.5 Å². The van der Waals surface area contributed by atoms with Crippen LogP contribution in [-0.2, 0) is 0 Å². The summed E-state index contributed by atoms with van der Waals surface area (Å²) in [7, 11) is 1.45. The number of hydrogen-bond acceptors (Lipinski definition) is 3. The van der Waals surface area contributed by atoms with E-state index in [1.807, 2.05) is 13.8 Å². The van der Waals surface area contributed by atoms with Crippen LogP contribution in [-0.4, -0.2) is 12.1 Å². The van der Waals surface area contributed by atoms with E-state index < -0.39 is 5.82 Å². The topological polar surface area (TPSA) is 48.1 Å². The lowest BCUT2D eigenvalue weighted by molar-refractivity contribution is 0.384. The van der Waals surface area contributed by atoms with Crippen LogP contribution in [0.15, 0.2) is 24.8 Å². The highest BCUT2D eigenvalue weighted by Crippen LogP contribution is 2.33. The van der Waals surface area contributed by atoms with Crippen LogP contribution < -0.4 is 10.5 Å². The third-order valence-corrected chi connectivity index (χ3v) is 3.49. The second kappa shape index (κ2) is 5.56. The Kier molecular flexibility index (Phi) is 3.98. The first-order chi connectivity index (χ1) is 9.86. The molecule has 0 aliphatic carbocycles. The first-order valence-electron chi connectivity index (χ1n) is 6.63. The quantitative estimate of drug-likeness (QED) is 0.923. The van der Waals surface area contributed by atoms with Crippen molar-refractivity contribution >= 4 is 11.3 Å². The maximum atomic E-state index is 14.6. The molecule has 0 spiro atoms. The summed E-state index contributed by atoms with van der Waals surface area (Å²) in [5, 5.41) is 0. The molecule has 2 N–H and O–H groups in total. The lowest BCUT2D eigenvalue weighted by atomic mass is 10.0. The van der Waals surface area contributed by atoms with Crippen LogP contribution in [0.1, 0.15) is 23.7 Å². The largest absolute Gasteiger partial charge is 0.493 e. The Balaban J connectivity index is 2.71. The third-order valence-electron chi connectivity index (χ3n) is 3.49. The molecule has 4 heteroatoms. The van der Waals surface area contributed by atoms with Gasteiger partial charge in [0.05, 0.1) is 18.5 Å². The van der Waals surface area contributed by atoms with E-state index in [9.17, 15) is 4.39 Å². The summed E-state index contributed by atoms with van der Waals surface area (Å²) in [5.41, 5.74) is 10.5. The number of aromatic nitrogens is 1. The van der Waals surface area contributed by atoms with Gasteiger partial charge in [0.25, 0.3) is 0 Å². The second-order valence-electron chi connectivity index (χ2n) is 5.13. The molecule has 1 aromatic carbocycles. The minimum Gasteiger partial charge on any atom is -0.493 e. The van der Waals surface area contributed by atoms with E-state index in [0.29, 0.717) is 22.6 Å². The van der Waals surface area contributed by atoms with Crippen LogP contribution in [0.3, 0.4) is 0 Å². The highest BCUT2D eigenvalue weighted by molar-refractivity contribution is 5.74. The standard InChI is InChI=1S/C17H19FN2O/c1-9(2)16-11(4)13(19)8-14(20-16)12-7-6-10(3)17(21-5)15(12)18/h6-8H,1H2,2-5H3,(H2,19,20). The normalized spacial score (nSPS) is 10.5. The fraction of sp³-hybridized carbons (Fsp3) is 0.235. The number of halogens is 1. The fourth-order valence-corrected chi connectivity index (χ4v) is 2.28. The molecule has 0 atom stereocenters. The molecule has 0 saturated heterocycles. The number of nitrogen functional groups attached to an aromatic ring is 1. The molecule has 1 heterocycles. The molecule has 0 radical (unpaired) electrons. The van der Waals surface area contributed by atoms with Gasteiger partial charge in [0.2, 0.25) is 0 Å². The summed E-state index contributed by atoms with van der Waals surface area (Å²) < 4.78 is 19.7. The predicted molar refractivity (Wildman–Crippen MR) is 84.8 cm³/mol. The summed E-state index contributed by atoms with van der Waals surface area (Å²) in [6, 6.07) is 5.16. The van der Waals surface area contributed by atoms with Crippen LogP contribution >= 0.6 is 0 Å². The molecule has 110 valence electrons. The minimum absolute atomic E-state index is 0.227. The molecular weight excluding hydrogens is 267 g/mol. The molecule has 3 nitrogen and oxygen atoms in total. The van der Waals surface area contributed by atoms with Crippen molar-refractivity contribution in [3.05, 3.63) is 47.4 Å². The van der Waals surface area contributed by atoms with Crippen molar-refractivity contribution in [1.29, 1.82) is 0 Å². The van der Waals surface area contributed by atoms with Crippen molar-refractivity contribution < 1.29 is 9.13 Å². The zero-order valence-corrected chi connectivity index (χ0v) is 12.7. The van der Waals surface area contributed by atoms with Gasteiger partial charge in [-0.15, -0.1) is 0 Å². The van der Waals surface area contributed by atoms with Crippen LogP contribution in [0, 0.1) is 19.7 Å². The maximum absolute atomic E-state index is 14.6. The predicted octanol–water partition coefficient (Wildman–Crippen LogP) is 4.13. The Morgan fingerprint density at radius 3 is 2.57 bits per heavy atom. The number of rotatable bonds is 3. The number of ether oxygens (including phenoxy) is 1. The van der Waals surface area contributed by atoms with Gasteiger partial charge in [0.1, 0.15) is 0 Å². The van der Waals surface area contributed by atoms with E-state index >= 15 is 0 Å². The first kappa shape index (κ1) is 15.0. The van der Waals surface area contributed by atoms with Gasteiger partial charge in [0.15, 0.2) is 11.6 Å². The molecule has 21 heavy (non-hydrogen) atoms.